The van der Waals surface area contributed by atoms with Gasteiger partial charge in [0.2, 0.25) is 0 Å². The first-order valence-electron chi connectivity index (χ1n) is 8.08. The maximum absolute atomic E-state index is 13.0. The molecule has 2 N–H and O–H groups in total. The molecule has 4 nitrogen and oxygen atoms in total. The van der Waals surface area contributed by atoms with Gasteiger partial charge in [0, 0.05) is 26.3 Å². The van der Waals surface area contributed by atoms with Crippen molar-refractivity contribution in [3.8, 4) is 0 Å². The van der Waals surface area contributed by atoms with Crippen LogP contribution in [0.3, 0.4) is 0 Å². The van der Waals surface area contributed by atoms with Crippen LogP contribution in [0.15, 0.2) is 53.4 Å². The average Bonchev–Trinajstić information content (AvgIpc) is 2.55. The third-order valence-electron chi connectivity index (χ3n) is 4.25. The average molecular weight is 346 g/mol. The van der Waals surface area contributed by atoms with Gasteiger partial charge in [-0.1, -0.05) is 38.1 Å². The minimum atomic E-state index is -3.52. The van der Waals surface area contributed by atoms with E-state index < -0.39 is 15.1 Å². The molecule has 0 fully saturated rings. The number of hydrogen-bond donors (Lipinski definition) is 1. The predicted octanol–water partition coefficient (Wildman–Crippen LogP) is 3.35. The quantitative estimate of drug-likeness (QED) is 0.871. The standard InChI is InChI=1S/C19H26N2O2S/c1-14(2)15-7-11-18(12-8-15)24(22,23)19(13-20)16-5-9-17(10-6-16)21(3)4/h5-12,14,19H,13,20H2,1-4H3. The molecule has 0 aliphatic carbocycles. The number of nitrogens with zero attached hydrogens (tertiary/aromatic N) is 1. The van der Waals surface area contributed by atoms with Crippen molar-refractivity contribution in [1.29, 1.82) is 0 Å². The van der Waals surface area contributed by atoms with E-state index in [0.717, 1.165) is 16.8 Å². The molecule has 0 aliphatic rings. The molecule has 0 spiro atoms. The molecular formula is C19H26N2O2S. The molecule has 0 saturated heterocycles. The van der Waals surface area contributed by atoms with Crippen LogP contribution >= 0.6 is 0 Å². The summed E-state index contributed by atoms with van der Waals surface area (Å²) < 4.78 is 25.9. The van der Waals surface area contributed by atoms with Gasteiger partial charge in [-0.2, -0.15) is 0 Å². The molecule has 0 radical (unpaired) electrons. The molecule has 0 bridgehead atoms. The topological polar surface area (TPSA) is 63.4 Å². The van der Waals surface area contributed by atoms with Crippen molar-refractivity contribution in [1.82, 2.24) is 0 Å². The van der Waals surface area contributed by atoms with Crippen molar-refractivity contribution in [2.24, 2.45) is 5.73 Å². The van der Waals surface area contributed by atoms with E-state index in [1.807, 2.05) is 55.4 Å². The van der Waals surface area contributed by atoms with Gasteiger partial charge in [-0.05, 0) is 41.3 Å². The second kappa shape index (κ2) is 7.36. The van der Waals surface area contributed by atoms with Crippen molar-refractivity contribution in [3.05, 3.63) is 59.7 Å². The van der Waals surface area contributed by atoms with E-state index in [2.05, 4.69) is 13.8 Å². The highest BCUT2D eigenvalue weighted by molar-refractivity contribution is 7.91. The fourth-order valence-electron chi connectivity index (χ4n) is 2.64. The molecule has 0 aromatic heterocycles. The van der Waals surface area contributed by atoms with Crippen molar-refractivity contribution >= 4 is 15.5 Å². The maximum Gasteiger partial charge on any atom is 0.186 e. The normalized spacial score (nSPS) is 13.1. The first-order chi connectivity index (χ1) is 11.3. The molecule has 130 valence electrons. The minimum absolute atomic E-state index is 0.0512. The number of benzene rings is 2. The lowest BCUT2D eigenvalue weighted by Crippen LogP contribution is -2.22. The Kier molecular flexibility index (Phi) is 5.67. The molecule has 2 aromatic rings. The molecule has 5 heteroatoms. The monoisotopic (exact) mass is 346 g/mol. The Morgan fingerprint density at radius 2 is 1.42 bits per heavy atom. The Balaban J connectivity index is 2.37. The molecule has 1 atom stereocenters. The van der Waals surface area contributed by atoms with Gasteiger partial charge < -0.3 is 10.6 Å². The number of rotatable bonds is 6. The van der Waals surface area contributed by atoms with E-state index in [1.54, 1.807) is 12.1 Å². The van der Waals surface area contributed by atoms with Crippen LogP contribution in [0.1, 0.15) is 36.1 Å². The smallest absolute Gasteiger partial charge is 0.186 e. The number of nitrogens with two attached hydrogens (primary N) is 1. The number of sulfone groups is 1. The summed E-state index contributed by atoms with van der Waals surface area (Å²) in [5.41, 5.74) is 8.67. The summed E-state index contributed by atoms with van der Waals surface area (Å²) in [5, 5.41) is -0.737. The van der Waals surface area contributed by atoms with Crippen LogP contribution in [0.2, 0.25) is 0 Å². The Morgan fingerprint density at radius 3 is 1.83 bits per heavy atom. The van der Waals surface area contributed by atoms with Crippen molar-refractivity contribution in [3.63, 3.8) is 0 Å². The predicted molar refractivity (Wildman–Crippen MR) is 100 cm³/mol. The van der Waals surface area contributed by atoms with E-state index in [0.29, 0.717) is 10.8 Å². The number of hydrogen-bond acceptors (Lipinski definition) is 4. The van der Waals surface area contributed by atoms with Gasteiger partial charge in [-0.3, -0.25) is 0 Å². The highest BCUT2D eigenvalue weighted by atomic mass is 32.2. The first kappa shape index (κ1) is 18.5. The molecule has 0 saturated carbocycles. The molecule has 0 heterocycles. The Hall–Kier alpha value is -1.85. The SMILES string of the molecule is CC(C)c1ccc(S(=O)(=O)C(CN)c2ccc(N(C)C)cc2)cc1. The summed E-state index contributed by atoms with van der Waals surface area (Å²) in [6, 6.07) is 14.6. The van der Waals surface area contributed by atoms with Gasteiger partial charge in [0.05, 0.1) is 4.90 Å². The van der Waals surface area contributed by atoms with E-state index >= 15 is 0 Å². The van der Waals surface area contributed by atoms with Gasteiger partial charge in [-0.15, -0.1) is 0 Å². The lowest BCUT2D eigenvalue weighted by molar-refractivity contribution is 0.582. The van der Waals surface area contributed by atoms with Crippen LogP contribution in [-0.4, -0.2) is 29.1 Å². The van der Waals surface area contributed by atoms with Crippen LogP contribution in [-0.2, 0) is 9.84 Å². The second-order valence-corrected chi connectivity index (χ2v) is 8.61. The van der Waals surface area contributed by atoms with Gasteiger partial charge in [0.1, 0.15) is 5.25 Å². The summed E-state index contributed by atoms with van der Waals surface area (Å²) in [7, 11) is 0.375. The summed E-state index contributed by atoms with van der Waals surface area (Å²) in [6.07, 6.45) is 0. The first-order valence-corrected chi connectivity index (χ1v) is 9.63. The van der Waals surface area contributed by atoms with Crippen molar-refractivity contribution in [2.75, 3.05) is 25.5 Å². The van der Waals surface area contributed by atoms with E-state index in [1.165, 1.54) is 0 Å². The number of anilines is 1. The highest BCUT2D eigenvalue weighted by Crippen LogP contribution is 2.30. The van der Waals surface area contributed by atoms with E-state index in [9.17, 15) is 8.42 Å². The third kappa shape index (κ3) is 3.79. The summed E-state index contributed by atoms with van der Waals surface area (Å²) in [4.78, 5) is 2.29. The lowest BCUT2D eigenvalue weighted by Gasteiger charge is -2.19. The van der Waals surface area contributed by atoms with Gasteiger partial charge in [0.25, 0.3) is 0 Å². The molecule has 0 amide bonds. The van der Waals surface area contributed by atoms with Crippen LogP contribution in [0.5, 0.6) is 0 Å². The molecule has 0 aliphatic heterocycles. The van der Waals surface area contributed by atoms with Crippen LogP contribution < -0.4 is 10.6 Å². The fourth-order valence-corrected chi connectivity index (χ4v) is 4.25. The zero-order valence-corrected chi connectivity index (χ0v) is 15.5. The van der Waals surface area contributed by atoms with E-state index in [4.69, 9.17) is 5.73 Å². The second-order valence-electron chi connectivity index (χ2n) is 6.48. The van der Waals surface area contributed by atoms with E-state index in [-0.39, 0.29) is 6.54 Å². The fraction of sp³-hybridized carbons (Fsp3) is 0.368. The molecular weight excluding hydrogens is 320 g/mol. The zero-order chi connectivity index (χ0) is 17.9. The van der Waals surface area contributed by atoms with Crippen LogP contribution in [0.4, 0.5) is 5.69 Å². The Bertz CT molecular complexity index is 764. The third-order valence-corrected chi connectivity index (χ3v) is 6.39. The van der Waals surface area contributed by atoms with Crippen LogP contribution in [0.25, 0.3) is 0 Å². The lowest BCUT2D eigenvalue weighted by atomic mass is 10.0. The van der Waals surface area contributed by atoms with Crippen molar-refractivity contribution < 1.29 is 8.42 Å². The maximum atomic E-state index is 13.0. The van der Waals surface area contributed by atoms with Crippen LogP contribution in [0, 0.1) is 0 Å². The molecule has 24 heavy (non-hydrogen) atoms. The molecule has 1 unspecified atom stereocenters. The summed E-state index contributed by atoms with van der Waals surface area (Å²) in [5.74, 6) is 0.366. The van der Waals surface area contributed by atoms with Gasteiger partial charge in [-0.25, -0.2) is 8.42 Å². The van der Waals surface area contributed by atoms with Crippen molar-refractivity contribution in [2.45, 2.75) is 29.9 Å². The Morgan fingerprint density at radius 1 is 0.917 bits per heavy atom. The Labute approximate surface area is 145 Å². The molecule has 2 rings (SSSR count). The molecule has 2 aromatic carbocycles. The highest BCUT2D eigenvalue weighted by Gasteiger charge is 2.28. The summed E-state index contributed by atoms with van der Waals surface area (Å²) in [6.45, 7) is 4.21. The van der Waals surface area contributed by atoms with Gasteiger partial charge >= 0.3 is 0 Å². The largest absolute Gasteiger partial charge is 0.378 e. The summed E-state index contributed by atoms with van der Waals surface area (Å²) >= 11 is 0. The minimum Gasteiger partial charge on any atom is -0.378 e. The van der Waals surface area contributed by atoms with Gasteiger partial charge in [0.15, 0.2) is 9.84 Å². The zero-order valence-electron chi connectivity index (χ0n) is 14.7.